The van der Waals surface area contributed by atoms with E-state index in [0.29, 0.717) is 17.4 Å². The van der Waals surface area contributed by atoms with Crippen LogP contribution in [0.15, 0.2) is 24.3 Å². The maximum atomic E-state index is 3.75. The van der Waals surface area contributed by atoms with Crippen LogP contribution in [0.4, 0.5) is 0 Å². The highest BCUT2D eigenvalue weighted by atomic mass is 14.9. The van der Waals surface area contributed by atoms with Gasteiger partial charge < -0.3 is 5.32 Å². The van der Waals surface area contributed by atoms with Gasteiger partial charge in [0.1, 0.15) is 0 Å². The molecule has 0 fully saturated rings. The molecule has 0 saturated heterocycles. The minimum absolute atomic E-state index is 0.339. The van der Waals surface area contributed by atoms with Gasteiger partial charge in [-0.05, 0) is 48.3 Å². The fourth-order valence-electron chi connectivity index (χ4n) is 2.46. The van der Waals surface area contributed by atoms with Crippen LogP contribution in [0.3, 0.4) is 0 Å². The molecule has 0 aliphatic heterocycles. The predicted molar refractivity (Wildman–Crippen MR) is 90.4 cm³/mol. The molecule has 1 heteroatoms. The molecule has 1 atom stereocenters. The van der Waals surface area contributed by atoms with Crippen LogP contribution in [0.5, 0.6) is 0 Å². The molecule has 1 aromatic carbocycles. The molecule has 0 bridgehead atoms. The van der Waals surface area contributed by atoms with Gasteiger partial charge in [-0.25, -0.2) is 0 Å². The number of rotatable bonds is 8. The van der Waals surface area contributed by atoms with Crippen LogP contribution in [-0.2, 0) is 6.42 Å². The summed E-state index contributed by atoms with van der Waals surface area (Å²) in [4.78, 5) is 0. The van der Waals surface area contributed by atoms with Crippen molar-refractivity contribution in [2.45, 2.75) is 72.8 Å². The number of hydrogen-bond acceptors (Lipinski definition) is 1. The zero-order valence-corrected chi connectivity index (χ0v) is 14.3. The monoisotopic (exact) mass is 275 g/mol. The number of benzene rings is 1. The summed E-state index contributed by atoms with van der Waals surface area (Å²) in [6.07, 6.45) is 3.53. The lowest BCUT2D eigenvalue weighted by Gasteiger charge is -2.34. The topological polar surface area (TPSA) is 12.0 Å². The Kier molecular flexibility index (Phi) is 6.75. The van der Waals surface area contributed by atoms with Crippen molar-refractivity contribution in [2.75, 3.05) is 6.54 Å². The third-order valence-electron chi connectivity index (χ3n) is 4.58. The zero-order chi connectivity index (χ0) is 15.2. The molecular formula is C19H33N. The van der Waals surface area contributed by atoms with E-state index in [1.807, 2.05) is 0 Å². The minimum atomic E-state index is 0.339. The van der Waals surface area contributed by atoms with Crippen LogP contribution in [0, 0.1) is 5.41 Å². The van der Waals surface area contributed by atoms with E-state index in [2.05, 4.69) is 71.1 Å². The number of hydrogen-bond donors (Lipinski definition) is 1. The zero-order valence-electron chi connectivity index (χ0n) is 14.3. The Balaban J connectivity index is 2.78. The lowest BCUT2D eigenvalue weighted by molar-refractivity contribution is 0.230. The average Bonchev–Trinajstić information content (AvgIpc) is 2.43. The Morgan fingerprint density at radius 2 is 1.65 bits per heavy atom. The summed E-state index contributed by atoms with van der Waals surface area (Å²) in [7, 11) is 0. The Bertz CT molecular complexity index is 375. The van der Waals surface area contributed by atoms with E-state index in [4.69, 9.17) is 0 Å². The lowest BCUT2D eigenvalue weighted by atomic mass is 9.78. The van der Waals surface area contributed by atoms with Gasteiger partial charge in [0.25, 0.3) is 0 Å². The minimum Gasteiger partial charge on any atom is -0.313 e. The van der Waals surface area contributed by atoms with Gasteiger partial charge in [0.2, 0.25) is 0 Å². The summed E-state index contributed by atoms with van der Waals surface area (Å²) in [5, 5.41) is 3.75. The molecule has 1 nitrogen and oxygen atoms in total. The van der Waals surface area contributed by atoms with Crippen molar-refractivity contribution in [3.63, 3.8) is 0 Å². The van der Waals surface area contributed by atoms with E-state index >= 15 is 0 Å². The van der Waals surface area contributed by atoms with E-state index in [-0.39, 0.29) is 0 Å². The van der Waals surface area contributed by atoms with Gasteiger partial charge in [0.05, 0.1) is 0 Å². The molecule has 0 spiro atoms. The third kappa shape index (κ3) is 4.94. The second-order valence-corrected chi connectivity index (χ2v) is 6.95. The molecule has 114 valence electrons. The quantitative estimate of drug-likeness (QED) is 0.691. The van der Waals surface area contributed by atoms with E-state index in [9.17, 15) is 0 Å². The van der Waals surface area contributed by atoms with Crippen LogP contribution in [0.2, 0.25) is 0 Å². The number of nitrogens with one attached hydrogen (secondary N) is 1. The fourth-order valence-corrected chi connectivity index (χ4v) is 2.46. The van der Waals surface area contributed by atoms with E-state index in [0.717, 1.165) is 13.0 Å². The molecule has 1 unspecified atom stereocenters. The summed E-state index contributed by atoms with van der Waals surface area (Å²) in [6, 6.07) is 9.74. The predicted octanol–water partition coefficient (Wildman–Crippen LogP) is 5.16. The van der Waals surface area contributed by atoms with Crippen molar-refractivity contribution in [2.24, 2.45) is 5.41 Å². The molecule has 0 aromatic heterocycles. The Hall–Kier alpha value is -0.820. The summed E-state index contributed by atoms with van der Waals surface area (Å²) < 4.78 is 0. The Morgan fingerprint density at radius 3 is 2.10 bits per heavy atom. The first-order valence-corrected chi connectivity index (χ1v) is 8.23. The molecule has 0 aliphatic carbocycles. The molecule has 1 rings (SSSR count). The molecule has 0 saturated carbocycles. The first kappa shape index (κ1) is 17.2. The normalized spacial score (nSPS) is 13.8. The standard InChI is InChI=1S/C19H33N/c1-7-13-20-18(19(5,6)8-2)14-16-9-11-17(12-10-16)15(3)4/h9-12,15,18,20H,7-8,13-14H2,1-6H3. The van der Waals surface area contributed by atoms with Gasteiger partial charge in [-0.3, -0.25) is 0 Å². The van der Waals surface area contributed by atoms with Crippen LogP contribution in [0.25, 0.3) is 0 Å². The molecule has 0 radical (unpaired) electrons. The molecule has 0 aliphatic rings. The second kappa shape index (κ2) is 7.83. The van der Waals surface area contributed by atoms with E-state index in [1.165, 1.54) is 24.0 Å². The summed E-state index contributed by atoms with van der Waals surface area (Å²) in [6.45, 7) is 14.9. The molecule has 1 aromatic rings. The summed E-state index contributed by atoms with van der Waals surface area (Å²) in [5.41, 5.74) is 3.22. The molecule has 20 heavy (non-hydrogen) atoms. The summed E-state index contributed by atoms with van der Waals surface area (Å²) >= 11 is 0. The highest BCUT2D eigenvalue weighted by Crippen LogP contribution is 2.27. The lowest BCUT2D eigenvalue weighted by Crippen LogP contribution is -2.43. The van der Waals surface area contributed by atoms with Gasteiger partial charge in [0, 0.05) is 6.04 Å². The highest BCUT2D eigenvalue weighted by Gasteiger charge is 2.27. The van der Waals surface area contributed by atoms with Crippen LogP contribution < -0.4 is 5.32 Å². The van der Waals surface area contributed by atoms with Crippen LogP contribution in [-0.4, -0.2) is 12.6 Å². The third-order valence-corrected chi connectivity index (χ3v) is 4.58. The highest BCUT2D eigenvalue weighted by molar-refractivity contribution is 5.25. The van der Waals surface area contributed by atoms with Crippen molar-refractivity contribution in [1.29, 1.82) is 0 Å². The van der Waals surface area contributed by atoms with Gasteiger partial charge >= 0.3 is 0 Å². The van der Waals surface area contributed by atoms with Gasteiger partial charge in [0.15, 0.2) is 0 Å². The van der Waals surface area contributed by atoms with Gasteiger partial charge in [-0.1, -0.05) is 65.8 Å². The smallest absolute Gasteiger partial charge is 0.0158 e. The molecule has 0 amide bonds. The Labute approximate surface area is 126 Å². The first-order valence-electron chi connectivity index (χ1n) is 8.23. The summed E-state index contributed by atoms with van der Waals surface area (Å²) in [5.74, 6) is 0.616. The average molecular weight is 275 g/mol. The molecule has 1 N–H and O–H groups in total. The van der Waals surface area contributed by atoms with E-state index < -0.39 is 0 Å². The second-order valence-electron chi connectivity index (χ2n) is 6.95. The maximum absolute atomic E-state index is 3.75. The van der Waals surface area contributed by atoms with Gasteiger partial charge in [-0.2, -0.15) is 0 Å². The largest absolute Gasteiger partial charge is 0.313 e. The van der Waals surface area contributed by atoms with Crippen molar-refractivity contribution in [1.82, 2.24) is 5.32 Å². The van der Waals surface area contributed by atoms with Crippen LogP contribution >= 0.6 is 0 Å². The van der Waals surface area contributed by atoms with Crippen molar-refractivity contribution in [3.8, 4) is 0 Å². The fraction of sp³-hybridized carbons (Fsp3) is 0.684. The van der Waals surface area contributed by atoms with Gasteiger partial charge in [-0.15, -0.1) is 0 Å². The Morgan fingerprint density at radius 1 is 1.05 bits per heavy atom. The molecule has 0 heterocycles. The molecular weight excluding hydrogens is 242 g/mol. The van der Waals surface area contributed by atoms with Crippen molar-refractivity contribution >= 4 is 0 Å². The maximum Gasteiger partial charge on any atom is 0.0158 e. The SMILES string of the molecule is CCCNC(Cc1ccc(C(C)C)cc1)C(C)(C)CC. The van der Waals surface area contributed by atoms with Crippen LogP contribution in [0.1, 0.15) is 71.4 Å². The van der Waals surface area contributed by atoms with E-state index in [1.54, 1.807) is 0 Å². The first-order chi connectivity index (χ1) is 9.40. The van der Waals surface area contributed by atoms with Crippen molar-refractivity contribution in [3.05, 3.63) is 35.4 Å². The van der Waals surface area contributed by atoms with Crippen molar-refractivity contribution < 1.29 is 0 Å².